The fourth-order valence-electron chi connectivity index (χ4n) is 3.77. The zero-order chi connectivity index (χ0) is 23.8. The summed E-state index contributed by atoms with van der Waals surface area (Å²) in [5, 5.41) is 11.6. The van der Waals surface area contributed by atoms with Crippen LogP contribution in [0, 0.1) is 11.3 Å². The first-order chi connectivity index (χ1) is 16.6. The largest absolute Gasteiger partial charge is 0.457 e. The molecule has 3 aromatic carbocycles. The Morgan fingerprint density at radius 1 is 0.853 bits per heavy atom. The van der Waals surface area contributed by atoms with Crippen LogP contribution in [0.5, 0.6) is 11.5 Å². The van der Waals surface area contributed by atoms with Gasteiger partial charge in [-0.05, 0) is 54.1 Å². The van der Waals surface area contributed by atoms with E-state index in [0.717, 1.165) is 30.9 Å². The lowest BCUT2D eigenvalue weighted by atomic mass is 10.1. The molecule has 34 heavy (non-hydrogen) atoms. The summed E-state index contributed by atoms with van der Waals surface area (Å²) < 4.78 is 5.74. The van der Waals surface area contributed by atoms with Crippen molar-refractivity contribution in [3.05, 3.63) is 95.6 Å². The molecule has 0 saturated carbocycles. The van der Waals surface area contributed by atoms with Gasteiger partial charge in [-0.15, -0.1) is 0 Å². The number of hydrogen-bond acceptors (Lipinski definition) is 5. The van der Waals surface area contributed by atoms with Crippen molar-refractivity contribution in [3.8, 4) is 17.6 Å². The van der Waals surface area contributed by atoms with Crippen LogP contribution in [-0.2, 0) is 11.3 Å². The van der Waals surface area contributed by atoms with Crippen LogP contribution in [0.4, 0.5) is 0 Å². The molecule has 0 unspecified atom stereocenters. The minimum atomic E-state index is -0.293. The maximum Gasteiger partial charge on any atom is 0.251 e. The number of hydrogen-bond donors (Lipinski definition) is 1. The molecular formula is C27H26N4O3. The summed E-state index contributed by atoms with van der Waals surface area (Å²) in [4.78, 5) is 29.1. The van der Waals surface area contributed by atoms with E-state index in [1.807, 2.05) is 54.6 Å². The lowest BCUT2D eigenvalue weighted by Crippen LogP contribution is -2.50. The van der Waals surface area contributed by atoms with Crippen molar-refractivity contribution in [2.75, 3.05) is 32.7 Å². The first-order valence-corrected chi connectivity index (χ1v) is 11.2. The molecule has 1 aliphatic rings. The second-order valence-corrected chi connectivity index (χ2v) is 8.09. The number of para-hydroxylation sites is 1. The van der Waals surface area contributed by atoms with Gasteiger partial charge in [0, 0.05) is 38.3 Å². The molecule has 1 fully saturated rings. The fourth-order valence-corrected chi connectivity index (χ4v) is 3.77. The molecule has 1 heterocycles. The highest BCUT2D eigenvalue weighted by atomic mass is 16.5. The number of piperazine rings is 1. The first kappa shape index (κ1) is 23.0. The molecule has 4 rings (SSSR count). The average molecular weight is 455 g/mol. The third-order valence-electron chi connectivity index (χ3n) is 5.71. The Kier molecular flexibility index (Phi) is 7.53. The summed E-state index contributed by atoms with van der Waals surface area (Å²) in [6.07, 6.45) is 0. The molecule has 2 amide bonds. The van der Waals surface area contributed by atoms with Crippen molar-refractivity contribution in [1.82, 2.24) is 15.1 Å². The summed E-state index contributed by atoms with van der Waals surface area (Å²) in [6.45, 7) is 3.53. The number of carbonyl (C=O) groups is 2. The highest BCUT2D eigenvalue weighted by Gasteiger charge is 2.21. The second kappa shape index (κ2) is 11.1. The van der Waals surface area contributed by atoms with Gasteiger partial charge in [-0.1, -0.05) is 30.3 Å². The Morgan fingerprint density at radius 2 is 1.50 bits per heavy atom. The van der Waals surface area contributed by atoms with Gasteiger partial charge in [0.05, 0.1) is 18.2 Å². The molecule has 7 nitrogen and oxygen atoms in total. The van der Waals surface area contributed by atoms with E-state index in [0.29, 0.717) is 30.0 Å². The van der Waals surface area contributed by atoms with E-state index in [9.17, 15) is 9.59 Å². The molecule has 0 atom stereocenters. The highest BCUT2D eigenvalue weighted by Crippen LogP contribution is 2.21. The molecule has 0 aromatic heterocycles. The van der Waals surface area contributed by atoms with E-state index in [2.05, 4.69) is 16.3 Å². The smallest absolute Gasteiger partial charge is 0.251 e. The van der Waals surface area contributed by atoms with Crippen LogP contribution >= 0.6 is 0 Å². The van der Waals surface area contributed by atoms with Crippen LogP contribution < -0.4 is 10.1 Å². The molecule has 0 radical (unpaired) electrons. The summed E-state index contributed by atoms with van der Waals surface area (Å²) >= 11 is 0. The minimum Gasteiger partial charge on any atom is -0.457 e. The minimum absolute atomic E-state index is 0.0310. The molecule has 0 aliphatic carbocycles. The maximum absolute atomic E-state index is 12.6. The zero-order valence-electron chi connectivity index (χ0n) is 18.8. The van der Waals surface area contributed by atoms with Gasteiger partial charge in [-0.3, -0.25) is 14.5 Å². The number of ether oxygens (including phenoxy) is 1. The van der Waals surface area contributed by atoms with Gasteiger partial charge >= 0.3 is 0 Å². The van der Waals surface area contributed by atoms with Crippen molar-refractivity contribution in [1.29, 1.82) is 5.26 Å². The van der Waals surface area contributed by atoms with Crippen LogP contribution in [-0.4, -0.2) is 54.3 Å². The summed E-state index contributed by atoms with van der Waals surface area (Å²) in [7, 11) is 0. The number of nitrogens with zero attached hydrogens (tertiary/aromatic N) is 3. The lowest BCUT2D eigenvalue weighted by Gasteiger charge is -2.34. The van der Waals surface area contributed by atoms with E-state index in [1.165, 1.54) is 0 Å². The molecule has 0 spiro atoms. The summed E-state index contributed by atoms with van der Waals surface area (Å²) in [6, 6.07) is 25.9. The SMILES string of the molecule is N#Cc1ccc(CN2CCN(C(=O)CNC(=O)c3ccc(Oc4ccccc4)cc3)CC2)cc1. The third kappa shape index (κ3) is 6.21. The Morgan fingerprint density at radius 3 is 2.15 bits per heavy atom. The number of benzene rings is 3. The maximum atomic E-state index is 12.6. The predicted octanol–water partition coefficient (Wildman–Crippen LogP) is 3.42. The van der Waals surface area contributed by atoms with E-state index in [-0.39, 0.29) is 18.4 Å². The first-order valence-electron chi connectivity index (χ1n) is 11.2. The predicted molar refractivity (Wildman–Crippen MR) is 128 cm³/mol. The molecule has 7 heteroatoms. The van der Waals surface area contributed by atoms with Crippen LogP contribution in [0.15, 0.2) is 78.9 Å². The molecule has 1 saturated heterocycles. The van der Waals surface area contributed by atoms with Crippen LogP contribution in [0.3, 0.4) is 0 Å². The number of carbonyl (C=O) groups excluding carboxylic acids is 2. The molecule has 1 aliphatic heterocycles. The average Bonchev–Trinajstić information content (AvgIpc) is 2.89. The number of amides is 2. The van der Waals surface area contributed by atoms with E-state index < -0.39 is 0 Å². The monoisotopic (exact) mass is 454 g/mol. The van der Waals surface area contributed by atoms with Crippen LogP contribution in [0.25, 0.3) is 0 Å². The second-order valence-electron chi connectivity index (χ2n) is 8.09. The van der Waals surface area contributed by atoms with Crippen molar-refractivity contribution < 1.29 is 14.3 Å². The van der Waals surface area contributed by atoms with Gasteiger partial charge < -0.3 is 15.0 Å². The third-order valence-corrected chi connectivity index (χ3v) is 5.71. The fraction of sp³-hybridized carbons (Fsp3) is 0.222. The van der Waals surface area contributed by atoms with Gasteiger partial charge in [0.25, 0.3) is 5.91 Å². The topological polar surface area (TPSA) is 85.7 Å². The molecule has 3 aromatic rings. The molecular weight excluding hydrogens is 428 g/mol. The van der Waals surface area contributed by atoms with Crippen molar-refractivity contribution in [3.63, 3.8) is 0 Å². The number of nitriles is 1. The molecule has 1 N–H and O–H groups in total. The normalized spacial score (nSPS) is 13.7. The number of nitrogens with one attached hydrogen (secondary N) is 1. The van der Waals surface area contributed by atoms with Gasteiger partial charge in [0.2, 0.25) is 5.91 Å². The van der Waals surface area contributed by atoms with Crippen LogP contribution in [0.2, 0.25) is 0 Å². The quantitative estimate of drug-likeness (QED) is 0.591. The highest BCUT2D eigenvalue weighted by molar-refractivity contribution is 5.96. The van der Waals surface area contributed by atoms with Gasteiger partial charge in [0.15, 0.2) is 0 Å². The van der Waals surface area contributed by atoms with Gasteiger partial charge in [0.1, 0.15) is 11.5 Å². The Labute approximate surface area is 199 Å². The van der Waals surface area contributed by atoms with Crippen molar-refractivity contribution in [2.24, 2.45) is 0 Å². The van der Waals surface area contributed by atoms with Crippen molar-refractivity contribution in [2.45, 2.75) is 6.54 Å². The van der Waals surface area contributed by atoms with E-state index in [4.69, 9.17) is 10.00 Å². The van der Waals surface area contributed by atoms with Crippen molar-refractivity contribution >= 4 is 11.8 Å². The molecule has 0 bridgehead atoms. The van der Waals surface area contributed by atoms with Gasteiger partial charge in [-0.25, -0.2) is 0 Å². The number of rotatable bonds is 7. The lowest BCUT2D eigenvalue weighted by molar-refractivity contribution is -0.131. The summed E-state index contributed by atoms with van der Waals surface area (Å²) in [5.41, 5.74) is 2.27. The summed E-state index contributed by atoms with van der Waals surface area (Å²) in [5.74, 6) is 0.981. The Balaban J connectivity index is 1.20. The van der Waals surface area contributed by atoms with E-state index in [1.54, 1.807) is 29.2 Å². The standard InChI is InChI=1S/C27H26N4O3/c28-18-21-6-8-22(9-7-21)20-30-14-16-31(17-15-30)26(32)19-29-27(33)23-10-12-25(13-11-23)34-24-4-2-1-3-5-24/h1-13H,14-17,19-20H2,(H,29,33). The zero-order valence-corrected chi connectivity index (χ0v) is 18.8. The van der Waals surface area contributed by atoms with Crippen LogP contribution in [0.1, 0.15) is 21.5 Å². The Bertz CT molecular complexity index is 1150. The van der Waals surface area contributed by atoms with Gasteiger partial charge in [-0.2, -0.15) is 5.26 Å². The van der Waals surface area contributed by atoms with E-state index >= 15 is 0 Å². The Hall–Kier alpha value is -4.15. The molecule has 172 valence electrons.